The second-order valence-corrected chi connectivity index (χ2v) is 9.81. The van der Waals surface area contributed by atoms with Gasteiger partial charge in [-0.3, -0.25) is 14.8 Å². The molecular formula is C29H30N10O. The zero-order valence-corrected chi connectivity index (χ0v) is 22.5. The molecule has 1 saturated heterocycles. The van der Waals surface area contributed by atoms with Crippen LogP contribution in [0.4, 0.5) is 17.3 Å². The second kappa shape index (κ2) is 10.7. The summed E-state index contributed by atoms with van der Waals surface area (Å²) in [6.45, 7) is 10.3. The molecule has 0 atom stereocenters. The van der Waals surface area contributed by atoms with Crippen molar-refractivity contribution in [2.24, 2.45) is 0 Å². The van der Waals surface area contributed by atoms with Gasteiger partial charge in [-0.25, -0.2) is 19.3 Å². The Kier molecular flexibility index (Phi) is 6.79. The van der Waals surface area contributed by atoms with Gasteiger partial charge in [-0.2, -0.15) is 4.98 Å². The summed E-state index contributed by atoms with van der Waals surface area (Å²) < 4.78 is 3.25. The maximum absolute atomic E-state index is 13.3. The largest absolute Gasteiger partial charge is 0.369 e. The summed E-state index contributed by atoms with van der Waals surface area (Å²) in [6, 6.07) is 11.8. The van der Waals surface area contributed by atoms with Crippen molar-refractivity contribution >= 4 is 28.4 Å². The van der Waals surface area contributed by atoms with Gasteiger partial charge in [0.2, 0.25) is 5.95 Å². The summed E-state index contributed by atoms with van der Waals surface area (Å²) in [7, 11) is 2.16. The highest BCUT2D eigenvalue weighted by Gasteiger charge is 2.19. The molecule has 11 nitrogen and oxygen atoms in total. The number of anilines is 3. The SMILES string of the molecule is C=CCn1c(=O)c2cnc(Nc3ccc(N4CCN(C)CC4)c(C)c3)nc2n1-c1cccc(-c2cnccn2)n1. The molecular weight excluding hydrogens is 504 g/mol. The summed E-state index contributed by atoms with van der Waals surface area (Å²) in [5.41, 5.74) is 4.77. The Bertz CT molecular complexity index is 1740. The van der Waals surface area contributed by atoms with Crippen LogP contribution in [0, 0.1) is 6.92 Å². The second-order valence-electron chi connectivity index (χ2n) is 9.81. The molecule has 0 bridgehead atoms. The van der Waals surface area contributed by atoms with E-state index in [0.717, 1.165) is 31.9 Å². The number of allylic oxidation sites excluding steroid dienone is 1. The lowest BCUT2D eigenvalue weighted by Gasteiger charge is -2.35. The Hall–Kier alpha value is -4.90. The number of benzene rings is 1. The number of rotatable bonds is 7. The van der Waals surface area contributed by atoms with Crippen LogP contribution in [0.5, 0.6) is 0 Å². The fourth-order valence-electron chi connectivity index (χ4n) is 4.99. The predicted octanol–water partition coefficient (Wildman–Crippen LogP) is 3.42. The van der Waals surface area contributed by atoms with E-state index in [0.29, 0.717) is 34.2 Å². The topological polar surface area (TPSA) is 110 Å². The molecule has 1 N–H and O–H groups in total. The van der Waals surface area contributed by atoms with Gasteiger partial charge in [0.25, 0.3) is 5.56 Å². The first-order chi connectivity index (χ1) is 19.5. The molecule has 4 aromatic heterocycles. The lowest BCUT2D eigenvalue weighted by atomic mass is 10.1. The van der Waals surface area contributed by atoms with Crippen molar-refractivity contribution in [1.82, 2.24) is 39.2 Å². The van der Waals surface area contributed by atoms with Gasteiger partial charge in [-0.05, 0) is 49.9 Å². The number of nitrogens with one attached hydrogen (secondary N) is 1. The minimum absolute atomic E-state index is 0.222. The molecule has 202 valence electrons. The van der Waals surface area contributed by atoms with Crippen molar-refractivity contribution in [3.63, 3.8) is 0 Å². The summed E-state index contributed by atoms with van der Waals surface area (Å²) in [5, 5.41) is 3.71. The molecule has 11 heteroatoms. The van der Waals surface area contributed by atoms with Crippen molar-refractivity contribution in [2.45, 2.75) is 13.5 Å². The zero-order valence-electron chi connectivity index (χ0n) is 22.5. The molecule has 5 aromatic rings. The normalized spacial score (nSPS) is 14.0. The van der Waals surface area contributed by atoms with Crippen molar-refractivity contribution in [1.29, 1.82) is 0 Å². The van der Waals surface area contributed by atoms with Gasteiger partial charge in [-0.15, -0.1) is 6.58 Å². The van der Waals surface area contributed by atoms with Gasteiger partial charge in [-0.1, -0.05) is 12.1 Å². The monoisotopic (exact) mass is 534 g/mol. The van der Waals surface area contributed by atoms with E-state index in [-0.39, 0.29) is 12.1 Å². The molecule has 6 rings (SSSR count). The average molecular weight is 535 g/mol. The van der Waals surface area contributed by atoms with Crippen molar-refractivity contribution in [2.75, 3.05) is 43.4 Å². The number of nitrogens with zero attached hydrogens (tertiary/aromatic N) is 9. The van der Waals surface area contributed by atoms with Gasteiger partial charge >= 0.3 is 0 Å². The number of hydrogen-bond donors (Lipinski definition) is 1. The first-order valence-corrected chi connectivity index (χ1v) is 13.2. The Morgan fingerprint density at radius 2 is 1.85 bits per heavy atom. The molecule has 0 saturated carbocycles. The van der Waals surface area contributed by atoms with E-state index in [1.165, 1.54) is 11.3 Å². The Morgan fingerprint density at radius 1 is 1.00 bits per heavy atom. The maximum atomic E-state index is 13.3. The summed E-state index contributed by atoms with van der Waals surface area (Å²) >= 11 is 0. The summed E-state index contributed by atoms with van der Waals surface area (Å²) in [5.74, 6) is 0.906. The van der Waals surface area contributed by atoms with E-state index in [4.69, 9.17) is 9.97 Å². The van der Waals surface area contributed by atoms with Crippen LogP contribution < -0.4 is 15.8 Å². The quantitative estimate of drug-likeness (QED) is 0.314. The maximum Gasteiger partial charge on any atom is 0.278 e. The highest BCUT2D eigenvalue weighted by molar-refractivity contribution is 5.77. The van der Waals surface area contributed by atoms with Crippen molar-refractivity contribution in [3.8, 4) is 17.2 Å². The van der Waals surface area contributed by atoms with Gasteiger partial charge in [0.05, 0.1) is 18.4 Å². The number of hydrogen-bond acceptors (Lipinski definition) is 9. The number of likely N-dealkylation sites (N-methyl/N-ethyl adjacent to an activating group) is 1. The third-order valence-corrected chi connectivity index (χ3v) is 7.05. The van der Waals surface area contributed by atoms with Gasteiger partial charge in [0, 0.05) is 56.1 Å². The van der Waals surface area contributed by atoms with Crippen LogP contribution in [0.25, 0.3) is 28.2 Å². The minimum Gasteiger partial charge on any atom is -0.369 e. The Balaban J connectivity index is 1.37. The van der Waals surface area contributed by atoms with Crippen LogP contribution in [0.3, 0.4) is 0 Å². The van der Waals surface area contributed by atoms with Gasteiger partial charge in [0.15, 0.2) is 11.5 Å². The molecule has 1 aliphatic heterocycles. The minimum atomic E-state index is -0.222. The lowest BCUT2D eigenvalue weighted by molar-refractivity contribution is 0.312. The Morgan fingerprint density at radius 3 is 2.60 bits per heavy atom. The molecule has 40 heavy (non-hydrogen) atoms. The first-order valence-electron chi connectivity index (χ1n) is 13.2. The third kappa shape index (κ3) is 4.82. The first kappa shape index (κ1) is 25.4. The zero-order chi connectivity index (χ0) is 27.6. The van der Waals surface area contributed by atoms with E-state index in [2.05, 4.69) is 62.8 Å². The van der Waals surface area contributed by atoms with Gasteiger partial charge < -0.3 is 15.1 Å². The number of aromatic nitrogens is 7. The summed E-state index contributed by atoms with van der Waals surface area (Å²) in [4.78, 5) is 40.6. The number of pyridine rings is 1. The molecule has 1 aromatic carbocycles. The van der Waals surface area contributed by atoms with Crippen LogP contribution >= 0.6 is 0 Å². The van der Waals surface area contributed by atoms with Crippen LogP contribution in [0.2, 0.25) is 0 Å². The van der Waals surface area contributed by atoms with Crippen molar-refractivity contribution < 1.29 is 0 Å². The van der Waals surface area contributed by atoms with E-state index < -0.39 is 0 Å². The summed E-state index contributed by atoms with van der Waals surface area (Å²) in [6.07, 6.45) is 8.11. The number of aryl methyl sites for hydroxylation is 1. The van der Waals surface area contributed by atoms with E-state index in [1.807, 2.05) is 24.3 Å². The number of fused-ring (bicyclic) bond motifs is 1. The van der Waals surface area contributed by atoms with E-state index in [1.54, 1.807) is 40.2 Å². The van der Waals surface area contributed by atoms with Crippen LogP contribution in [0.1, 0.15) is 5.56 Å². The van der Waals surface area contributed by atoms with Crippen LogP contribution in [-0.4, -0.2) is 72.4 Å². The van der Waals surface area contributed by atoms with Crippen molar-refractivity contribution in [3.05, 3.63) is 89.8 Å². The standard InChI is InChI=1S/C29H30N10O/c1-4-12-38-28(40)22-18-32-29(33-21-8-9-25(20(2)17-21)37-15-13-36(3)14-16-37)35-27(22)39(38)26-7-5-6-23(34-26)24-19-30-10-11-31-24/h4-11,17-19H,1,12-16H2,2-3H3,(H,32,33,35). The average Bonchev–Trinajstić information content (AvgIpc) is 3.25. The van der Waals surface area contributed by atoms with E-state index in [9.17, 15) is 4.79 Å². The predicted molar refractivity (Wildman–Crippen MR) is 156 cm³/mol. The number of piperazine rings is 1. The molecule has 0 radical (unpaired) electrons. The smallest absolute Gasteiger partial charge is 0.278 e. The van der Waals surface area contributed by atoms with Crippen LogP contribution in [-0.2, 0) is 6.54 Å². The molecule has 0 unspecified atom stereocenters. The molecule has 0 amide bonds. The fourth-order valence-corrected chi connectivity index (χ4v) is 4.99. The Labute approximate surface area is 231 Å². The third-order valence-electron chi connectivity index (χ3n) is 7.05. The fraction of sp³-hybridized carbons (Fsp3) is 0.241. The molecule has 1 aliphatic rings. The highest BCUT2D eigenvalue weighted by atomic mass is 16.1. The lowest BCUT2D eigenvalue weighted by Crippen LogP contribution is -2.44. The van der Waals surface area contributed by atoms with Gasteiger partial charge in [0.1, 0.15) is 11.1 Å². The molecule has 1 fully saturated rings. The highest BCUT2D eigenvalue weighted by Crippen LogP contribution is 2.26. The molecule has 5 heterocycles. The molecule has 0 spiro atoms. The van der Waals surface area contributed by atoms with E-state index >= 15 is 0 Å². The molecule has 0 aliphatic carbocycles. The van der Waals surface area contributed by atoms with Crippen LogP contribution in [0.15, 0.2) is 78.6 Å².